The number of ether oxygens (including phenoxy) is 1. The Morgan fingerprint density at radius 2 is 1.81 bits per heavy atom. The van der Waals surface area contributed by atoms with E-state index in [9.17, 15) is 14.0 Å². The molecule has 0 saturated carbocycles. The van der Waals surface area contributed by atoms with E-state index >= 15 is 0 Å². The van der Waals surface area contributed by atoms with Crippen LogP contribution in [0.3, 0.4) is 0 Å². The molecule has 0 aliphatic rings. The molecular formula is C21H25FN2O3. The van der Waals surface area contributed by atoms with Gasteiger partial charge in [-0.3, -0.25) is 9.59 Å². The van der Waals surface area contributed by atoms with E-state index in [-0.39, 0.29) is 24.8 Å². The number of hydrogen-bond acceptors (Lipinski definition) is 3. The van der Waals surface area contributed by atoms with E-state index in [0.29, 0.717) is 17.9 Å². The Bertz CT molecular complexity index is 777. The van der Waals surface area contributed by atoms with Crippen molar-refractivity contribution in [2.45, 2.75) is 32.9 Å². The van der Waals surface area contributed by atoms with E-state index in [0.717, 1.165) is 5.56 Å². The molecule has 0 aliphatic heterocycles. The van der Waals surface area contributed by atoms with Gasteiger partial charge in [0.05, 0.1) is 13.5 Å². The molecular weight excluding hydrogens is 347 g/mol. The minimum atomic E-state index is -0.713. The third kappa shape index (κ3) is 5.54. The van der Waals surface area contributed by atoms with E-state index in [1.165, 1.54) is 11.0 Å². The largest absolute Gasteiger partial charge is 0.497 e. The molecule has 6 heteroatoms. The van der Waals surface area contributed by atoms with E-state index in [1.807, 2.05) is 6.92 Å². The average Bonchev–Trinajstić information content (AvgIpc) is 2.67. The van der Waals surface area contributed by atoms with E-state index in [2.05, 4.69) is 5.32 Å². The first kappa shape index (κ1) is 20.4. The highest BCUT2D eigenvalue weighted by Gasteiger charge is 2.26. The van der Waals surface area contributed by atoms with Gasteiger partial charge in [-0.05, 0) is 37.6 Å². The molecule has 0 radical (unpaired) electrons. The Morgan fingerprint density at radius 3 is 2.41 bits per heavy atom. The van der Waals surface area contributed by atoms with E-state index < -0.39 is 11.9 Å². The van der Waals surface area contributed by atoms with Crippen LogP contribution in [0, 0.1) is 5.82 Å². The molecule has 144 valence electrons. The van der Waals surface area contributed by atoms with Gasteiger partial charge in [-0.25, -0.2) is 4.39 Å². The van der Waals surface area contributed by atoms with Crippen molar-refractivity contribution < 1.29 is 18.7 Å². The van der Waals surface area contributed by atoms with Gasteiger partial charge in [0, 0.05) is 18.7 Å². The maximum atomic E-state index is 14.1. The van der Waals surface area contributed by atoms with Crippen molar-refractivity contribution in [2.24, 2.45) is 0 Å². The number of nitrogens with one attached hydrogen (secondary N) is 1. The minimum Gasteiger partial charge on any atom is -0.497 e. The fourth-order valence-electron chi connectivity index (χ4n) is 2.73. The smallest absolute Gasteiger partial charge is 0.242 e. The fraction of sp³-hybridized carbons (Fsp3) is 0.333. The van der Waals surface area contributed by atoms with Crippen molar-refractivity contribution in [3.8, 4) is 5.75 Å². The lowest BCUT2D eigenvalue weighted by molar-refractivity contribution is -0.140. The number of halogens is 1. The molecule has 5 nitrogen and oxygen atoms in total. The topological polar surface area (TPSA) is 58.6 Å². The lowest BCUT2D eigenvalue weighted by Crippen LogP contribution is -2.48. The summed E-state index contributed by atoms with van der Waals surface area (Å²) >= 11 is 0. The number of likely N-dealkylation sites (N-methyl/N-ethyl adjacent to an activating group) is 1. The number of amides is 2. The fourth-order valence-corrected chi connectivity index (χ4v) is 2.73. The summed E-state index contributed by atoms with van der Waals surface area (Å²) in [7, 11) is 1.57. The Hall–Kier alpha value is -2.89. The van der Waals surface area contributed by atoms with Crippen LogP contribution in [-0.4, -0.2) is 36.4 Å². The van der Waals surface area contributed by atoms with Crippen molar-refractivity contribution >= 4 is 11.8 Å². The maximum absolute atomic E-state index is 14.1. The van der Waals surface area contributed by atoms with Gasteiger partial charge in [0.1, 0.15) is 17.6 Å². The van der Waals surface area contributed by atoms with Gasteiger partial charge >= 0.3 is 0 Å². The quantitative estimate of drug-likeness (QED) is 0.775. The molecule has 0 aromatic heterocycles. The summed E-state index contributed by atoms with van der Waals surface area (Å²) in [4.78, 5) is 26.6. The van der Waals surface area contributed by atoms with Crippen molar-refractivity contribution in [3.05, 3.63) is 65.5 Å². The Morgan fingerprint density at radius 1 is 1.15 bits per heavy atom. The van der Waals surface area contributed by atoms with Gasteiger partial charge < -0.3 is 15.0 Å². The molecule has 0 aliphatic carbocycles. The standard InChI is InChI=1S/C21H25FN2O3/c1-4-23-21(26)15(2)24(14-17-7-5-6-8-19(17)22)20(25)13-16-9-11-18(27-3)12-10-16/h5-12,15H,4,13-14H2,1-3H3,(H,23,26). The SMILES string of the molecule is CCNC(=O)C(C)N(Cc1ccccc1F)C(=O)Cc1ccc(OC)cc1. The summed E-state index contributed by atoms with van der Waals surface area (Å²) in [5.74, 6) is -0.216. The van der Waals surface area contributed by atoms with Crippen LogP contribution in [0.5, 0.6) is 5.75 Å². The normalized spacial score (nSPS) is 11.6. The van der Waals surface area contributed by atoms with Gasteiger partial charge in [0.2, 0.25) is 11.8 Å². The molecule has 0 bridgehead atoms. The zero-order valence-electron chi connectivity index (χ0n) is 15.9. The highest BCUT2D eigenvalue weighted by atomic mass is 19.1. The van der Waals surface area contributed by atoms with Gasteiger partial charge in [-0.2, -0.15) is 0 Å². The predicted octanol–water partition coefficient (Wildman–Crippen LogP) is 2.93. The molecule has 1 N–H and O–H groups in total. The van der Waals surface area contributed by atoms with E-state index in [4.69, 9.17) is 4.74 Å². The molecule has 2 aromatic carbocycles. The van der Waals surface area contributed by atoms with E-state index in [1.54, 1.807) is 56.5 Å². The number of hydrogen-bond donors (Lipinski definition) is 1. The summed E-state index contributed by atoms with van der Waals surface area (Å²) in [6, 6.07) is 12.7. The second kappa shape index (κ2) is 9.71. The third-order valence-corrected chi connectivity index (χ3v) is 4.33. The molecule has 2 rings (SSSR count). The average molecular weight is 372 g/mol. The summed E-state index contributed by atoms with van der Waals surface area (Å²) in [5, 5.41) is 2.72. The molecule has 2 aromatic rings. The predicted molar refractivity (Wildman–Crippen MR) is 102 cm³/mol. The minimum absolute atomic E-state index is 0.0277. The Labute approximate surface area is 159 Å². The second-order valence-corrected chi connectivity index (χ2v) is 6.21. The van der Waals surface area contributed by atoms with Crippen LogP contribution in [-0.2, 0) is 22.6 Å². The molecule has 2 amide bonds. The van der Waals surface area contributed by atoms with Crippen LogP contribution < -0.4 is 10.1 Å². The number of methoxy groups -OCH3 is 1. The summed E-state index contributed by atoms with van der Waals surface area (Å²) in [6.07, 6.45) is 0.113. The van der Waals surface area contributed by atoms with Gasteiger partial charge in [0.15, 0.2) is 0 Å². The van der Waals surface area contributed by atoms with Crippen molar-refractivity contribution in [1.29, 1.82) is 0 Å². The van der Waals surface area contributed by atoms with Crippen LogP contribution >= 0.6 is 0 Å². The van der Waals surface area contributed by atoms with Crippen molar-refractivity contribution in [1.82, 2.24) is 10.2 Å². The van der Waals surface area contributed by atoms with Gasteiger partial charge in [0.25, 0.3) is 0 Å². The summed E-state index contributed by atoms with van der Waals surface area (Å²) < 4.78 is 19.2. The monoisotopic (exact) mass is 372 g/mol. The lowest BCUT2D eigenvalue weighted by Gasteiger charge is -2.29. The second-order valence-electron chi connectivity index (χ2n) is 6.21. The zero-order chi connectivity index (χ0) is 19.8. The van der Waals surface area contributed by atoms with Crippen LogP contribution in [0.4, 0.5) is 4.39 Å². The molecule has 0 saturated heterocycles. The first-order chi connectivity index (χ1) is 13.0. The first-order valence-corrected chi connectivity index (χ1v) is 8.89. The molecule has 0 spiro atoms. The molecule has 1 unspecified atom stereocenters. The first-order valence-electron chi connectivity index (χ1n) is 8.89. The number of carbonyl (C=O) groups is 2. The highest BCUT2D eigenvalue weighted by Crippen LogP contribution is 2.16. The number of benzene rings is 2. The highest BCUT2D eigenvalue weighted by molar-refractivity contribution is 5.88. The van der Waals surface area contributed by atoms with Crippen LogP contribution in [0.15, 0.2) is 48.5 Å². The Kier molecular flexibility index (Phi) is 7.34. The number of carbonyl (C=O) groups excluding carboxylic acids is 2. The van der Waals surface area contributed by atoms with Gasteiger partial charge in [-0.1, -0.05) is 30.3 Å². The maximum Gasteiger partial charge on any atom is 0.242 e. The number of rotatable bonds is 8. The molecule has 1 atom stereocenters. The summed E-state index contributed by atoms with van der Waals surface area (Å²) in [6.45, 7) is 3.95. The Balaban J connectivity index is 2.22. The molecule has 0 fully saturated rings. The molecule has 27 heavy (non-hydrogen) atoms. The summed E-state index contributed by atoms with van der Waals surface area (Å²) in [5.41, 5.74) is 1.17. The number of nitrogens with zero attached hydrogens (tertiary/aromatic N) is 1. The zero-order valence-corrected chi connectivity index (χ0v) is 15.9. The van der Waals surface area contributed by atoms with Crippen molar-refractivity contribution in [2.75, 3.05) is 13.7 Å². The van der Waals surface area contributed by atoms with Gasteiger partial charge in [-0.15, -0.1) is 0 Å². The van der Waals surface area contributed by atoms with Crippen LogP contribution in [0.2, 0.25) is 0 Å². The van der Waals surface area contributed by atoms with Crippen LogP contribution in [0.1, 0.15) is 25.0 Å². The lowest BCUT2D eigenvalue weighted by atomic mass is 10.1. The molecule has 0 heterocycles. The van der Waals surface area contributed by atoms with Crippen molar-refractivity contribution in [3.63, 3.8) is 0 Å². The third-order valence-electron chi connectivity index (χ3n) is 4.33. The van der Waals surface area contributed by atoms with Crippen LogP contribution in [0.25, 0.3) is 0 Å².